The van der Waals surface area contributed by atoms with Gasteiger partial charge >= 0.3 is 17.9 Å². The van der Waals surface area contributed by atoms with Crippen LogP contribution in [0.15, 0.2) is 72.9 Å². The fourth-order valence-electron chi connectivity index (χ4n) is 8.68. The van der Waals surface area contributed by atoms with Crippen LogP contribution in [0.2, 0.25) is 0 Å². The number of carbonyl (C=O) groups excluding carboxylic acids is 3. The Balaban J connectivity index is 4.14. The summed E-state index contributed by atoms with van der Waals surface area (Å²) in [5, 5.41) is 0. The zero-order chi connectivity index (χ0) is 51.4. The van der Waals surface area contributed by atoms with Crippen molar-refractivity contribution in [2.45, 2.75) is 309 Å². The van der Waals surface area contributed by atoms with Crippen LogP contribution < -0.4 is 0 Å². The first kappa shape index (κ1) is 67.8. The summed E-state index contributed by atoms with van der Waals surface area (Å²) in [7, 11) is 0. The Morgan fingerprint density at radius 2 is 0.549 bits per heavy atom. The summed E-state index contributed by atoms with van der Waals surface area (Å²) >= 11 is 0. The second kappa shape index (κ2) is 59.4. The molecule has 0 aromatic heterocycles. The number of hydrogen-bond acceptors (Lipinski definition) is 6. The summed E-state index contributed by atoms with van der Waals surface area (Å²) in [5.41, 5.74) is 0. The van der Waals surface area contributed by atoms with Gasteiger partial charge in [0.1, 0.15) is 13.2 Å². The van der Waals surface area contributed by atoms with E-state index in [9.17, 15) is 14.4 Å². The van der Waals surface area contributed by atoms with Gasteiger partial charge in [-0.25, -0.2) is 0 Å². The maximum Gasteiger partial charge on any atom is 0.306 e. The van der Waals surface area contributed by atoms with E-state index in [0.717, 1.165) is 103 Å². The normalized spacial score (nSPS) is 12.5. The van der Waals surface area contributed by atoms with Gasteiger partial charge in [0.2, 0.25) is 0 Å². The van der Waals surface area contributed by atoms with Crippen molar-refractivity contribution in [3.63, 3.8) is 0 Å². The lowest BCUT2D eigenvalue weighted by Gasteiger charge is -2.18. The van der Waals surface area contributed by atoms with Crippen molar-refractivity contribution in [3.05, 3.63) is 72.9 Å². The highest BCUT2D eigenvalue weighted by atomic mass is 16.6. The van der Waals surface area contributed by atoms with Crippen molar-refractivity contribution < 1.29 is 28.6 Å². The van der Waals surface area contributed by atoms with Gasteiger partial charge in [-0.3, -0.25) is 14.4 Å². The third-order valence-electron chi connectivity index (χ3n) is 13.2. The fraction of sp³-hybridized carbons (Fsp3) is 0.769. The van der Waals surface area contributed by atoms with Crippen LogP contribution >= 0.6 is 0 Å². The maximum atomic E-state index is 12.8. The molecule has 0 aliphatic carbocycles. The molecule has 0 N–H and O–H groups in total. The zero-order valence-corrected chi connectivity index (χ0v) is 47.0. The van der Waals surface area contributed by atoms with Crippen molar-refractivity contribution in [2.24, 2.45) is 0 Å². The topological polar surface area (TPSA) is 78.9 Å². The molecule has 0 spiro atoms. The Labute approximate surface area is 440 Å². The largest absolute Gasteiger partial charge is 0.462 e. The predicted molar refractivity (Wildman–Crippen MR) is 307 cm³/mol. The van der Waals surface area contributed by atoms with Gasteiger partial charge in [-0.15, -0.1) is 0 Å². The molecule has 71 heavy (non-hydrogen) atoms. The molecule has 0 amide bonds. The van der Waals surface area contributed by atoms with Crippen molar-refractivity contribution in [2.75, 3.05) is 13.2 Å². The van der Waals surface area contributed by atoms with Gasteiger partial charge in [0.05, 0.1) is 0 Å². The molecule has 410 valence electrons. The van der Waals surface area contributed by atoms with E-state index in [0.29, 0.717) is 19.3 Å². The van der Waals surface area contributed by atoms with Crippen LogP contribution in [0.3, 0.4) is 0 Å². The van der Waals surface area contributed by atoms with E-state index in [1.165, 1.54) is 161 Å². The van der Waals surface area contributed by atoms with Crippen molar-refractivity contribution in [3.8, 4) is 0 Å². The van der Waals surface area contributed by atoms with Gasteiger partial charge in [-0.05, 0) is 70.6 Å². The highest BCUT2D eigenvalue weighted by Crippen LogP contribution is 2.17. The molecule has 1 unspecified atom stereocenters. The summed E-state index contributed by atoms with van der Waals surface area (Å²) in [6, 6.07) is 0. The molecule has 0 aliphatic heterocycles. The number of rotatable bonds is 55. The maximum absolute atomic E-state index is 12.8. The molecule has 6 nitrogen and oxygen atoms in total. The molecule has 0 saturated carbocycles. The lowest BCUT2D eigenvalue weighted by molar-refractivity contribution is -0.167. The van der Waals surface area contributed by atoms with Gasteiger partial charge in [0.25, 0.3) is 0 Å². The van der Waals surface area contributed by atoms with Crippen LogP contribution in [0.5, 0.6) is 0 Å². The van der Waals surface area contributed by atoms with Gasteiger partial charge < -0.3 is 14.2 Å². The molecule has 0 fully saturated rings. The second-order valence-electron chi connectivity index (χ2n) is 20.2. The molecular weight excluding hydrogens is 877 g/mol. The first-order chi connectivity index (χ1) is 35.0. The van der Waals surface area contributed by atoms with Gasteiger partial charge in [-0.1, -0.05) is 286 Å². The lowest BCUT2D eigenvalue weighted by atomic mass is 10.0. The van der Waals surface area contributed by atoms with Crippen molar-refractivity contribution in [1.82, 2.24) is 0 Å². The predicted octanol–water partition coefficient (Wildman–Crippen LogP) is 20.5. The summed E-state index contributed by atoms with van der Waals surface area (Å²) in [6.45, 7) is 6.49. The van der Waals surface area contributed by atoms with E-state index < -0.39 is 6.10 Å². The Hall–Kier alpha value is -3.15. The minimum Gasteiger partial charge on any atom is -0.462 e. The summed E-state index contributed by atoms with van der Waals surface area (Å²) in [6.07, 6.45) is 76.5. The molecule has 6 heteroatoms. The third-order valence-corrected chi connectivity index (χ3v) is 13.2. The fourth-order valence-corrected chi connectivity index (χ4v) is 8.68. The Bertz CT molecular complexity index is 1320. The number of hydrogen-bond donors (Lipinski definition) is 0. The van der Waals surface area contributed by atoms with Gasteiger partial charge in [-0.2, -0.15) is 0 Å². The SMILES string of the molecule is CC/C=C\C/C=C\C/C=C\C/C=C\C/C=C\C/C=C\CCCCCCCCC(=O)OCC(COC(=O)CCCCCCCC)OC(=O)CCCCCCCCCCCCCCCCCCCCCCCC. The van der Waals surface area contributed by atoms with Gasteiger partial charge in [0.15, 0.2) is 6.10 Å². The number of allylic oxidation sites excluding steroid dienone is 12. The van der Waals surface area contributed by atoms with Crippen LogP contribution in [0.25, 0.3) is 0 Å². The van der Waals surface area contributed by atoms with E-state index in [2.05, 4.69) is 93.7 Å². The number of ether oxygens (including phenoxy) is 3. The molecule has 0 aromatic carbocycles. The quantitative estimate of drug-likeness (QED) is 0.0261. The average molecular weight is 992 g/mol. The highest BCUT2D eigenvalue weighted by molar-refractivity contribution is 5.71. The van der Waals surface area contributed by atoms with Crippen LogP contribution in [-0.2, 0) is 28.6 Å². The van der Waals surface area contributed by atoms with E-state index in [4.69, 9.17) is 14.2 Å². The summed E-state index contributed by atoms with van der Waals surface area (Å²) in [5.74, 6) is -0.890. The standard InChI is InChI=1S/C65H114O6/c1-4-7-10-13-16-18-20-22-24-26-28-30-32-33-34-36-37-39-41-43-45-47-49-52-55-58-64(67)70-61-62(60-69-63(66)57-54-51-15-12-9-6-3)71-65(68)59-56-53-50-48-46-44-42-40-38-35-31-29-27-25-23-21-19-17-14-11-8-5-2/h7,10,16,18,22,24,28,30,33-34,37,39,62H,4-6,8-9,11-15,17,19-21,23,25-27,29,31-32,35-36,38,40-61H2,1-3H3/b10-7-,18-16-,24-22-,30-28-,34-33-,39-37-. The van der Waals surface area contributed by atoms with Crippen molar-refractivity contribution in [1.29, 1.82) is 0 Å². The third kappa shape index (κ3) is 57.6. The van der Waals surface area contributed by atoms with Gasteiger partial charge in [0, 0.05) is 19.3 Å². The number of unbranched alkanes of at least 4 members (excludes halogenated alkanes) is 32. The highest BCUT2D eigenvalue weighted by Gasteiger charge is 2.19. The van der Waals surface area contributed by atoms with E-state index in [1.807, 2.05) is 0 Å². The molecule has 0 heterocycles. The van der Waals surface area contributed by atoms with E-state index in [1.54, 1.807) is 0 Å². The minimum absolute atomic E-state index is 0.0778. The molecule has 1 atom stereocenters. The van der Waals surface area contributed by atoms with Crippen LogP contribution in [0, 0.1) is 0 Å². The zero-order valence-electron chi connectivity index (χ0n) is 47.0. The minimum atomic E-state index is -0.777. The Morgan fingerprint density at radius 1 is 0.296 bits per heavy atom. The molecule has 0 bridgehead atoms. The molecule has 0 radical (unpaired) electrons. The molecule has 0 saturated heterocycles. The van der Waals surface area contributed by atoms with Crippen LogP contribution in [0.4, 0.5) is 0 Å². The lowest BCUT2D eigenvalue weighted by Crippen LogP contribution is -2.30. The first-order valence-electron chi connectivity index (χ1n) is 30.4. The van der Waals surface area contributed by atoms with Crippen LogP contribution in [-0.4, -0.2) is 37.2 Å². The van der Waals surface area contributed by atoms with E-state index >= 15 is 0 Å². The molecule has 0 aromatic rings. The number of esters is 3. The smallest absolute Gasteiger partial charge is 0.306 e. The first-order valence-corrected chi connectivity index (χ1v) is 30.4. The molecule has 0 rings (SSSR count). The molecular formula is C65H114O6. The van der Waals surface area contributed by atoms with Crippen molar-refractivity contribution >= 4 is 17.9 Å². The number of carbonyl (C=O) groups is 3. The summed E-state index contributed by atoms with van der Waals surface area (Å²) < 4.78 is 16.8. The Kier molecular flexibility index (Phi) is 56.8. The monoisotopic (exact) mass is 991 g/mol. The summed E-state index contributed by atoms with van der Waals surface area (Å²) in [4.78, 5) is 38.0. The second-order valence-corrected chi connectivity index (χ2v) is 20.2. The Morgan fingerprint density at radius 3 is 0.859 bits per heavy atom. The average Bonchev–Trinajstić information content (AvgIpc) is 3.37. The van der Waals surface area contributed by atoms with E-state index in [-0.39, 0.29) is 31.1 Å². The van der Waals surface area contributed by atoms with Crippen LogP contribution in [0.1, 0.15) is 303 Å². The molecule has 0 aliphatic rings.